The lowest BCUT2D eigenvalue weighted by Crippen LogP contribution is -2.36. The van der Waals surface area contributed by atoms with E-state index in [-0.39, 0.29) is 5.69 Å². The van der Waals surface area contributed by atoms with Gasteiger partial charge >= 0.3 is 6.03 Å². The number of nitrogens with one attached hydrogen (secondary N) is 2. The highest BCUT2D eigenvalue weighted by atomic mass is 79.9. The fourth-order valence-electron chi connectivity index (χ4n) is 4.09. The van der Waals surface area contributed by atoms with E-state index in [0.29, 0.717) is 42.3 Å². The van der Waals surface area contributed by atoms with Gasteiger partial charge in [0.15, 0.2) is 5.82 Å². The molecule has 11 heteroatoms. The quantitative estimate of drug-likeness (QED) is 0.347. The lowest BCUT2D eigenvalue weighted by Gasteiger charge is -2.26. The minimum absolute atomic E-state index is 0.0579. The van der Waals surface area contributed by atoms with Gasteiger partial charge in [0, 0.05) is 35.4 Å². The number of urea groups is 1. The van der Waals surface area contributed by atoms with E-state index in [2.05, 4.69) is 41.5 Å². The first-order valence-electron chi connectivity index (χ1n) is 11.0. The number of anilines is 3. The number of carbonyl (C=O) groups excluding carboxylic acids is 1. The topological polar surface area (TPSA) is 110 Å². The third-order valence-corrected chi connectivity index (χ3v) is 6.25. The Labute approximate surface area is 209 Å². The van der Waals surface area contributed by atoms with Crippen LogP contribution >= 0.6 is 15.9 Å². The first-order valence-corrected chi connectivity index (χ1v) is 11.8. The van der Waals surface area contributed by atoms with Crippen LogP contribution in [0.3, 0.4) is 0 Å². The second-order valence-corrected chi connectivity index (χ2v) is 9.04. The van der Waals surface area contributed by atoms with Crippen molar-refractivity contribution in [3.8, 4) is 11.1 Å². The lowest BCUT2D eigenvalue weighted by molar-refractivity contribution is 0.0334. The Kier molecular flexibility index (Phi) is 6.62. The summed E-state index contributed by atoms with van der Waals surface area (Å²) in [5, 5.41) is 9.62. The standard InChI is InChI=1S/C24H23BrFN7O2/c25-16-2-1-3-17(11-16)30-24(34)31-21-5-4-15(10-20(21)26)19-12-18(13-32-6-8-35-9-7-32)33-22(19)23(27)28-14-29-33/h1-5,10-12,14H,6-9,13H2,(H2,27,28,29)(H2,30,31,34). The van der Waals surface area contributed by atoms with Gasteiger partial charge in [-0.25, -0.2) is 18.7 Å². The maximum atomic E-state index is 15.0. The predicted octanol–water partition coefficient (Wildman–Crippen LogP) is 4.36. The van der Waals surface area contributed by atoms with Crippen molar-refractivity contribution in [3.63, 3.8) is 0 Å². The molecule has 1 aliphatic heterocycles. The van der Waals surface area contributed by atoms with Crippen molar-refractivity contribution in [2.45, 2.75) is 6.54 Å². The Balaban J connectivity index is 1.41. The summed E-state index contributed by atoms with van der Waals surface area (Å²) in [5.74, 6) is -0.268. The second-order valence-electron chi connectivity index (χ2n) is 8.13. The van der Waals surface area contributed by atoms with E-state index in [1.807, 2.05) is 12.1 Å². The Morgan fingerprint density at radius 3 is 2.74 bits per heavy atom. The van der Waals surface area contributed by atoms with Gasteiger partial charge in [0.2, 0.25) is 0 Å². The maximum Gasteiger partial charge on any atom is 0.323 e. The zero-order valence-corrected chi connectivity index (χ0v) is 20.3. The number of fused-ring (bicyclic) bond motifs is 1. The zero-order chi connectivity index (χ0) is 24.4. The van der Waals surface area contributed by atoms with Gasteiger partial charge in [-0.05, 0) is 42.0 Å². The first-order chi connectivity index (χ1) is 17.0. The number of halogens is 2. The molecule has 1 aliphatic rings. The molecule has 0 atom stereocenters. The van der Waals surface area contributed by atoms with Gasteiger partial charge in [-0.1, -0.05) is 28.1 Å². The largest absolute Gasteiger partial charge is 0.382 e. The first kappa shape index (κ1) is 23.2. The number of hydrogen-bond acceptors (Lipinski definition) is 6. The number of hydrogen-bond donors (Lipinski definition) is 3. The summed E-state index contributed by atoms with van der Waals surface area (Å²) in [6, 6.07) is 13.2. The molecule has 0 radical (unpaired) electrons. The molecule has 4 N–H and O–H groups in total. The number of nitrogens with zero attached hydrogens (tertiary/aromatic N) is 4. The molecular weight excluding hydrogens is 517 g/mol. The monoisotopic (exact) mass is 539 g/mol. The summed E-state index contributed by atoms with van der Waals surface area (Å²) in [4.78, 5) is 18.8. The van der Waals surface area contributed by atoms with Gasteiger partial charge in [-0.3, -0.25) is 4.90 Å². The van der Waals surface area contributed by atoms with E-state index in [1.165, 1.54) is 18.5 Å². The van der Waals surface area contributed by atoms with E-state index >= 15 is 4.39 Å². The zero-order valence-electron chi connectivity index (χ0n) is 18.7. The van der Waals surface area contributed by atoms with E-state index in [9.17, 15) is 4.79 Å². The third kappa shape index (κ3) is 5.11. The number of morpholine rings is 1. The molecule has 0 aliphatic carbocycles. The number of rotatable bonds is 5. The number of carbonyl (C=O) groups is 1. The van der Waals surface area contributed by atoms with Crippen LogP contribution in [0.25, 0.3) is 16.6 Å². The number of ether oxygens (including phenoxy) is 1. The Bertz CT molecular complexity index is 1390. The molecular formula is C24H23BrFN7O2. The number of nitrogens with two attached hydrogens (primary N) is 1. The summed E-state index contributed by atoms with van der Waals surface area (Å²) in [6.07, 6.45) is 1.41. The van der Waals surface area contributed by atoms with Gasteiger partial charge in [0.25, 0.3) is 0 Å². The molecule has 2 aromatic heterocycles. The van der Waals surface area contributed by atoms with Crippen molar-refractivity contribution in [3.05, 3.63) is 70.8 Å². The molecule has 4 aromatic rings. The van der Waals surface area contributed by atoms with Crippen molar-refractivity contribution in [1.82, 2.24) is 19.5 Å². The van der Waals surface area contributed by atoms with Crippen LogP contribution < -0.4 is 16.4 Å². The van der Waals surface area contributed by atoms with Crippen molar-refractivity contribution >= 4 is 44.7 Å². The molecule has 1 saturated heterocycles. The van der Waals surface area contributed by atoms with Crippen molar-refractivity contribution in [2.24, 2.45) is 0 Å². The molecule has 2 amide bonds. The Hall–Kier alpha value is -3.54. The minimum atomic E-state index is -0.573. The highest BCUT2D eigenvalue weighted by Gasteiger charge is 2.19. The van der Waals surface area contributed by atoms with E-state index in [1.54, 1.807) is 28.8 Å². The Morgan fingerprint density at radius 2 is 1.97 bits per heavy atom. The van der Waals surface area contributed by atoms with Crippen LogP contribution in [-0.4, -0.2) is 51.8 Å². The molecule has 9 nitrogen and oxygen atoms in total. The number of benzene rings is 2. The van der Waals surface area contributed by atoms with Crippen molar-refractivity contribution in [1.29, 1.82) is 0 Å². The smallest absolute Gasteiger partial charge is 0.323 e. The summed E-state index contributed by atoms with van der Waals surface area (Å²) in [7, 11) is 0. The van der Waals surface area contributed by atoms with Gasteiger partial charge < -0.3 is 21.1 Å². The van der Waals surface area contributed by atoms with E-state index < -0.39 is 11.8 Å². The molecule has 1 fully saturated rings. The second kappa shape index (κ2) is 9.98. The SMILES string of the molecule is Nc1ncnn2c(CN3CCOCC3)cc(-c3ccc(NC(=O)Nc4cccc(Br)c4)c(F)c3)c12. The van der Waals surface area contributed by atoms with Crippen molar-refractivity contribution in [2.75, 3.05) is 42.7 Å². The molecule has 0 bridgehead atoms. The van der Waals surface area contributed by atoms with Gasteiger partial charge in [-0.2, -0.15) is 5.10 Å². The van der Waals surface area contributed by atoms with Crippen LogP contribution in [0.2, 0.25) is 0 Å². The highest BCUT2D eigenvalue weighted by molar-refractivity contribution is 9.10. The fraction of sp³-hybridized carbons (Fsp3) is 0.208. The van der Waals surface area contributed by atoms with Crippen LogP contribution in [0.4, 0.5) is 26.4 Å². The van der Waals surface area contributed by atoms with Crippen LogP contribution in [0.1, 0.15) is 5.69 Å². The summed E-state index contributed by atoms with van der Waals surface area (Å²) >= 11 is 3.35. The van der Waals surface area contributed by atoms with E-state index in [0.717, 1.165) is 28.8 Å². The van der Waals surface area contributed by atoms with Crippen LogP contribution in [0.5, 0.6) is 0 Å². The van der Waals surface area contributed by atoms with Crippen LogP contribution in [0, 0.1) is 5.82 Å². The molecule has 5 rings (SSSR count). The molecule has 0 spiro atoms. The lowest BCUT2D eigenvalue weighted by atomic mass is 10.1. The van der Waals surface area contributed by atoms with Gasteiger partial charge in [-0.15, -0.1) is 0 Å². The average Bonchev–Trinajstić information content (AvgIpc) is 3.20. The molecule has 0 saturated carbocycles. The molecule has 35 heavy (non-hydrogen) atoms. The van der Waals surface area contributed by atoms with Crippen LogP contribution in [0.15, 0.2) is 59.3 Å². The summed E-state index contributed by atoms with van der Waals surface area (Å²) in [6.45, 7) is 3.66. The highest BCUT2D eigenvalue weighted by Crippen LogP contribution is 2.33. The number of nitrogen functional groups attached to an aromatic ring is 1. The molecule has 180 valence electrons. The predicted molar refractivity (Wildman–Crippen MR) is 136 cm³/mol. The summed E-state index contributed by atoms with van der Waals surface area (Å²) < 4.78 is 23.0. The third-order valence-electron chi connectivity index (χ3n) is 5.76. The number of amides is 2. The minimum Gasteiger partial charge on any atom is -0.382 e. The molecule has 2 aromatic carbocycles. The Morgan fingerprint density at radius 1 is 1.14 bits per heavy atom. The number of aromatic nitrogens is 3. The fourth-order valence-corrected chi connectivity index (χ4v) is 4.49. The van der Waals surface area contributed by atoms with Crippen molar-refractivity contribution < 1.29 is 13.9 Å². The normalized spacial score (nSPS) is 14.2. The summed E-state index contributed by atoms with van der Waals surface area (Å²) in [5.41, 5.74) is 9.68. The maximum absolute atomic E-state index is 15.0. The average molecular weight is 540 g/mol. The van der Waals surface area contributed by atoms with Crippen LogP contribution in [-0.2, 0) is 11.3 Å². The van der Waals surface area contributed by atoms with Gasteiger partial charge in [0.05, 0.1) is 24.6 Å². The molecule has 0 unspecified atom stereocenters. The van der Waals surface area contributed by atoms with E-state index in [4.69, 9.17) is 10.5 Å². The molecule has 3 heterocycles. The van der Waals surface area contributed by atoms with Gasteiger partial charge in [0.1, 0.15) is 17.7 Å².